The van der Waals surface area contributed by atoms with Crippen LogP contribution in [0.4, 0.5) is 23.2 Å². The van der Waals surface area contributed by atoms with E-state index < -0.39 is 35.3 Å². The third kappa shape index (κ3) is 3.30. The average molecular weight is 330 g/mol. The highest BCUT2D eigenvalue weighted by atomic mass is 19.2. The van der Waals surface area contributed by atoms with Gasteiger partial charge in [0, 0.05) is 11.6 Å². The zero-order valence-corrected chi connectivity index (χ0v) is 12.6. The number of aromatic nitrogens is 1. The van der Waals surface area contributed by atoms with Crippen LogP contribution in [0.25, 0.3) is 0 Å². The SMILES string of the molecule is COc1ccc(C(C)Nc2c(F)c(F)nc(F)c2F)c(OC)c1. The van der Waals surface area contributed by atoms with E-state index in [0.29, 0.717) is 17.1 Å². The second-order valence-corrected chi connectivity index (χ2v) is 4.67. The van der Waals surface area contributed by atoms with Gasteiger partial charge in [-0.15, -0.1) is 0 Å². The second-order valence-electron chi connectivity index (χ2n) is 4.67. The Morgan fingerprint density at radius 1 is 1.00 bits per heavy atom. The summed E-state index contributed by atoms with van der Waals surface area (Å²) in [7, 11) is 2.89. The number of methoxy groups -OCH3 is 2. The molecule has 0 saturated carbocycles. The largest absolute Gasteiger partial charge is 0.497 e. The Morgan fingerprint density at radius 3 is 2.13 bits per heavy atom. The maximum Gasteiger partial charge on any atom is 0.253 e. The van der Waals surface area contributed by atoms with Crippen molar-refractivity contribution in [2.75, 3.05) is 19.5 Å². The first-order valence-electron chi connectivity index (χ1n) is 6.57. The lowest BCUT2D eigenvalue weighted by atomic mass is 10.1. The van der Waals surface area contributed by atoms with Crippen LogP contribution >= 0.6 is 0 Å². The van der Waals surface area contributed by atoms with E-state index in [0.717, 1.165) is 0 Å². The van der Waals surface area contributed by atoms with Crippen LogP contribution in [0.5, 0.6) is 11.5 Å². The molecular weight excluding hydrogens is 316 g/mol. The molecule has 0 fully saturated rings. The lowest BCUT2D eigenvalue weighted by Crippen LogP contribution is -2.14. The standard InChI is InChI=1S/C15H14F4N2O2/c1-7(9-5-4-8(22-2)6-10(9)23-3)20-13-11(16)14(18)21-15(19)12(13)17/h4-7H,1-3H3,(H,20,21). The number of nitrogens with zero attached hydrogens (tertiary/aromatic N) is 1. The first-order chi connectivity index (χ1) is 10.9. The molecule has 1 heterocycles. The number of halogens is 4. The van der Waals surface area contributed by atoms with E-state index in [1.165, 1.54) is 14.2 Å². The van der Waals surface area contributed by atoms with Crippen LogP contribution < -0.4 is 14.8 Å². The van der Waals surface area contributed by atoms with Crippen molar-refractivity contribution < 1.29 is 27.0 Å². The van der Waals surface area contributed by atoms with E-state index in [9.17, 15) is 17.6 Å². The van der Waals surface area contributed by atoms with Crippen molar-refractivity contribution in [1.29, 1.82) is 0 Å². The summed E-state index contributed by atoms with van der Waals surface area (Å²) < 4.78 is 63.8. The summed E-state index contributed by atoms with van der Waals surface area (Å²) in [6.07, 6.45) is 0. The van der Waals surface area contributed by atoms with Crippen molar-refractivity contribution in [3.05, 3.63) is 47.3 Å². The molecule has 0 aliphatic carbocycles. The first kappa shape index (κ1) is 16.9. The predicted molar refractivity (Wildman–Crippen MR) is 75.7 cm³/mol. The minimum Gasteiger partial charge on any atom is -0.497 e. The van der Waals surface area contributed by atoms with Crippen molar-refractivity contribution in [3.63, 3.8) is 0 Å². The Bertz CT molecular complexity index is 699. The summed E-state index contributed by atoms with van der Waals surface area (Å²) in [5.74, 6) is -5.72. The van der Waals surface area contributed by atoms with Crippen molar-refractivity contribution in [2.45, 2.75) is 13.0 Å². The molecule has 1 unspecified atom stereocenters. The second kappa shape index (κ2) is 6.72. The average Bonchev–Trinajstić information content (AvgIpc) is 2.56. The summed E-state index contributed by atoms with van der Waals surface area (Å²) in [5.41, 5.74) is -0.412. The van der Waals surface area contributed by atoms with Crippen LogP contribution in [0.2, 0.25) is 0 Å². The Labute approximate surface area is 130 Å². The number of rotatable bonds is 5. The maximum atomic E-state index is 13.7. The molecule has 2 aromatic rings. The predicted octanol–water partition coefficient (Wildman–Crippen LogP) is 3.83. The van der Waals surface area contributed by atoms with Gasteiger partial charge in [0.25, 0.3) is 11.9 Å². The van der Waals surface area contributed by atoms with Gasteiger partial charge in [0.2, 0.25) is 11.6 Å². The highest BCUT2D eigenvalue weighted by Gasteiger charge is 2.23. The van der Waals surface area contributed by atoms with Crippen LogP contribution in [0.15, 0.2) is 18.2 Å². The van der Waals surface area contributed by atoms with E-state index in [-0.39, 0.29) is 0 Å². The molecule has 23 heavy (non-hydrogen) atoms. The zero-order valence-electron chi connectivity index (χ0n) is 12.6. The van der Waals surface area contributed by atoms with E-state index in [2.05, 4.69) is 10.3 Å². The minimum atomic E-state index is -1.72. The van der Waals surface area contributed by atoms with Crippen LogP contribution in [0, 0.1) is 23.5 Å². The normalized spacial score (nSPS) is 12.0. The van der Waals surface area contributed by atoms with Gasteiger partial charge in [-0.05, 0) is 19.1 Å². The van der Waals surface area contributed by atoms with Gasteiger partial charge in [-0.1, -0.05) is 0 Å². The molecule has 0 aliphatic rings. The van der Waals surface area contributed by atoms with E-state index in [4.69, 9.17) is 9.47 Å². The number of ether oxygens (including phenoxy) is 2. The van der Waals surface area contributed by atoms with Crippen molar-refractivity contribution in [3.8, 4) is 11.5 Å². The third-order valence-corrected chi connectivity index (χ3v) is 3.27. The molecule has 2 rings (SSSR count). The van der Waals surface area contributed by atoms with Gasteiger partial charge in [-0.3, -0.25) is 0 Å². The number of pyridine rings is 1. The van der Waals surface area contributed by atoms with Crippen molar-refractivity contribution in [1.82, 2.24) is 4.98 Å². The minimum absolute atomic E-state index is 0.389. The number of nitrogens with one attached hydrogen (secondary N) is 1. The number of anilines is 1. The Morgan fingerprint density at radius 2 is 1.61 bits per heavy atom. The van der Waals surface area contributed by atoms with Gasteiger partial charge in [-0.2, -0.15) is 22.5 Å². The maximum absolute atomic E-state index is 13.7. The van der Waals surface area contributed by atoms with Crippen LogP contribution in [-0.2, 0) is 0 Å². The highest BCUT2D eigenvalue weighted by molar-refractivity contribution is 5.50. The van der Waals surface area contributed by atoms with Gasteiger partial charge in [0.1, 0.15) is 17.2 Å². The third-order valence-electron chi connectivity index (χ3n) is 3.27. The number of hydrogen-bond donors (Lipinski definition) is 1. The van der Waals surface area contributed by atoms with Crippen LogP contribution in [-0.4, -0.2) is 19.2 Å². The summed E-state index contributed by atoms with van der Waals surface area (Å²) in [4.78, 5) is 2.51. The topological polar surface area (TPSA) is 43.4 Å². The molecule has 0 amide bonds. The summed E-state index contributed by atoms with van der Waals surface area (Å²) in [6.45, 7) is 1.56. The molecule has 1 N–H and O–H groups in total. The molecular formula is C15H14F4N2O2. The summed E-state index contributed by atoms with van der Waals surface area (Å²) in [5, 5.41) is 2.40. The fourth-order valence-electron chi connectivity index (χ4n) is 2.08. The van der Waals surface area contributed by atoms with Crippen LogP contribution in [0.1, 0.15) is 18.5 Å². The fraction of sp³-hybridized carbons (Fsp3) is 0.267. The number of hydrogen-bond acceptors (Lipinski definition) is 4. The smallest absolute Gasteiger partial charge is 0.253 e. The highest BCUT2D eigenvalue weighted by Crippen LogP contribution is 2.33. The quantitative estimate of drug-likeness (QED) is 0.668. The molecule has 0 radical (unpaired) electrons. The molecule has 1 aromatic heterocycles. The molecule has 1 atom stereocenters. The fourth-order valence-corrected chi connectivity index (χ4v) is 2.08. The number of benzene rings is 1. The monoisotopic (exact) mass is 330 g/mol. The lowest BCUT2D eigenvalue weighted by molar-refractivity contribution is 0.389. The van der Waals surface area contributed by atoms with Gasteiger partial charge >= 0.3 is 0 Å². The summed E-state index contributed by atoms with van der Waals surface area (Å²) >= 11 is 0. The molecule has 124 valence electrons. The zero-order chi connectivity index (χ0) is 17.1. The molecule has 0 aliphatic heterocycles. The van der Waals surface area contributed by atoms with Crippen molar-refractivity contribution in [2.24, 2.45) is 0 Å². The van der Waals surface area contributed by atoms with Gasteiger partial charge in [0.15, 0.2) is 0 Å². The molecule has 0 bridgehead atoms. The van der Waals surface area contributed by atoms with Crippen molar-refractivity contribution >= 4 is 5.69 Å². The molecule has 1 aromatic carbocycles. The first-order valence-corrected chi connectivity index (χ1v) is 6.57. The van der Waals surface area contributed by atoms with E-state index in [1.807, 2.05) is 0 Å². The Kier molecular flexibility index (Phi) is 4.92. The Balaban J connectivity index is 2.38. The van der Waals surface area contributed by atoms with E-state index in [1.54, 1.807) is 25.1 Å². The molecule has 4 nitrogen and oxygen atoms in total. The van der Waals surface area contributed by atoms with Crippen LogP contribution in [0.3, 0.4) is 0 Å². The lowest BCUT2D eigenvalue weighted by Gasteiger charge is -2.19. The molecule has 0 saturated heterocycles. The molecule has 8 heteroatoms. The van der Waals surface area contributed by atoms with Gasteiger partial charge < -0.3 is 14.8 Å². The van der Waals surface area contributed by atoms with Gasteiger partial charge in [-0.25, -0.2) is 0 Å². The molecule has 0 spiro atoms. The van der Waals surface area contributed by atoms with Gasteiger partial charge in [0.05, 0.1) is 20.3 Å². The Hall–Kier alpha value is -2.51. The summed E-state index contributed by atoms with van der Waals surface area (Å²) in [6, 6.07) is 4.10. The van der Waals surface area contributed by atoms with E-state index >= 15 is 0 Å².